The largest absolute Gasteiger partial charge is 0.0922 e. The fourth-order valence-corrected chi connectivity index (χ4v) is 4.54. The molecule has 3 atom stereocenters. The molecule has 0 saturated heterocycles. The van der Waals surface area contributed by atoms with E-state index >= 15 is 0 Å². The van der Waals surface area contributed by atoms with Crippen LogP contribution in [0.2, 0.25) is 0 Å². The molecule has 86 valence electrons. The minimum Gasteiger partial charge on any atom is -0.0922 e. The molecular weight excluding hydrogens is 260 g/mol. The first-order chi connectivity index (χ1) is 7.74. The monoisotopic (exact) mass is 278 g/mol. The Morgan fingerprint density at radius 2 is 2.19 bits per heavy atom. The van der Waals surface area contributed by atoms with Crippen LogP contribution in [-0.4, -0.2) is 5.33 Å². The zero-order valence-corrected chi connectivity index (χ0v) is 11.5. The van der Waals surface area contributed by atoms with Crippen molar-refractivity contribution in [3.63, 3.8) is 0 Å². The minimum atomic E-state index is 0.516. The fourth-order valence-electron chi connectivity index (χ4n) is 3.84. The van der Waals surface area contributed by atoms with Crippen LogP contribution >= 0.6 is 15.9 Å². The predicted molar refractivity (Wildman–Crippen MR) is 72.1 cm³/mol. The molecule has 0 radical (unpaired) electrons. The summed E-state index contributed by atoms with van der Waals surface area (Å²) < 4.78 is 0. The van der Waals surface area contributed by atoms with E-state index < -0.39 is 0 Å². The number of rotatable bonds is 1. The molecule has 1 aromatic rings. The molecule has 1 heteroatoms. The van der Waals surface area contributed by atoms with Gasteiger partial charge in [-0.3, -0.25) is 0 Å². The highest BCUT2D eigenvalue weighted by Gasteiger charge is 2.45. The molecule has 0 nitrogen and oxygen atoms in total. The molecule has 0 spiro atoms. The molecule has 0 N–H and O–H groups in total. The zero-order valence-electron chi connectivity index (χ0n) is 9.88. The van der Waals surface area contributed by atoms with Crippen molar-refractivity contribution < 1.29 is 0 Å². The highest BCUT2D eigenvalue weighted by atomic mass is 79.9. The van der Waals surface area contributed by atoms with E-state index in [1.807, 2.05) is 0 Å². The summed E-state index contributed by atoms with van der Waals surface area (Å²) in [6.07, 6.45) is 5.51. The van der Waals surface area contributed by atoms with Gasteiger partial charge in [0.25, 0.3) is 0 Å². The smallest absolute Gasteiger partial charge is 0.00883 e. The number of benzene rings is 1. The second-order valence-electron chi connectivity index (χ2n) is 5.80. The first kappa shape index (κ1) is 10.8. The number of hydrogen-bond donors (Lipinski definition) is 0. The Balaban J connectivity index is 2.00. The van der Waals surface area contributed by atoms with E-state index in [9.17, 15) is 0 Å². The third-order valence-electron chi connectivity index (χ3n) is 4.84. The predicted octanol–water partition coefficient (Wildman–Crippen LogP) is 4.53. The molecule has 1 fully saturated rings. The average molecular weight is 279 g/mol. The Kier molecular flexibility index (Phi) is 2.62. The van der Waals surface area contributed by atoms with Gasteiger partial charge in [-0.2, -0.15) is 0 Å². The number of hydrogen-bond acceptors (Lipinski definition) is 0. The van der Waals surface area contributed by atoms with Crippen LogP contribution < -0.4 is 0 Å². The van der Waals surface area contributed by atoms with Gasteiger partial charge in [-0.25, -0.2) is 0 Å². The van der Waals surface area contributed by atoms with Crippen molar-refractivity contribution in [2.45, 2.75) is 38.5 Å². The quantitative estimate of drug-likeness (QED) is 0.663. The van der Waals surface area contributed by atoms with Gasteiger partial charge in [0.2, 0.25) is 0 Å². The summed E-state index contributed by atoms with van der Waals surface area (Å²) in [5.41, 5.74) is 3.79. The van der Waals surface area contributed by atoms with Gasteiger partial charge in [-0.05, 0) is 47.6 Å². The van der Waals surface area contributed by atoms with Crippen LogP contribution in [0.4, 0.5) is 0 Å². The number of halogens is 1. The van der Waals surface area contributed by atoms with Crippen LogP contribution in [0.15, 0.2) is 24.3 Å². The van der Waals surface area contributed by atoms with Crippen molar-refractivity contribution in [3.05, 3.63) is 35.4 Å². The molecule has 0 amide bonds. The van der Waals surface area contributed by atoms with Gasteiger partial charge in [0.15, 0.2) is 0 Å². The summed E-state index contributed by atoms with van der Waals surface area (Å²) in [4.78, 5) is 0. The number of fused-ring (bicyclic) bond motifs is 3. The summed E-state index contributed by atoms with van der Waals surface area (Å²) >= 11 is 3.75. The van der Waals surface area contributed by atoms with Crippen molar-refractivity contribution in [3.8, 4) is 0 Å². The second-order valence-corrected chi connectivity index (χ2v) is 6.36. The third kappa shape index (κ3) is 1.48. The molecule has 0 aliphatic heterocycles. The molecule has 0 heterocycles. The van der Waals surface area contributed by atoms with E-state index in [2.05, 4.69) is 47.1 Å². The molecule has 1 saturated carbocycles. The van der Waals surface area contributed by atoms with Crippen LogP contribution in [-0.2, 0) is 6.42 Å². The Hall–Kier alpha value is -0.300. The maximum absolute atomic E-state index is 3.75. The van der Waals surface area contributed by atoms with Gasteiger partial charge in [-0.15, -0.1) is 0 Å². The Morgan fingerprint density at radius 1 is 1.38 bits per heavy atom. The number of alkyl halides is 1. The first-order valence-electron chi connectivity index (χ1n) is 6.38. The van der Waals surface area contributed by atoms with E-state index in [-0.39, 0.29) is 0 Å². The Labute approximate surface area is 107 Å². The van der Waals surface area contributed by atoms with E-state index in [0.717, 1.165) is 17.2 Å². The summed E-state index contributed by atoms with van der Waals surface area (Å²) in [5, 5.41) is 1.16. The lowest BCUT2D eigenvalue weighted by Gasteiger charge is -2.42. The van der Waals surface area contributed by atoms with Crippen molar-refractivity contribution >= 4 is 15.9 Å². The molecule has 2 aliphatic carbocycles. The van der Waals surface area contributed by atoms with Crippen molar-refractivity contribution in [2.24, 2.45) is 11.3 Å². The van der Waals surface area contributed by atoms with Crippen LogP contribution in [0.1, 0.15) is 43.2 Å². The highest BCUT2D eigenvalue weighted by molar-refractivity contribution is 9.09. The van der Waals surface area contributed by atoms with Crippen LogP contribution in [0.5, 0.6) is 0 Å². The summed E-state index contributed by atoms with van der Waals surface area (Å²) in [7, 11) is 0. The van der Waals surface area contributed by atoms with E-state index in [1.54, 1.807) is 11.1 Å². The SMILES string of the molecule is CC1(CBr)CCCC2c3ccccc3CC21. The Morgan fingerprint density at radius 3 is 3.00 bits per heavy atom. The van der Waals surface area contributed by atoms with Gasteiger partial charge < -0.3 is 0 Å². The third-order valence-corrected chi connectivity index (χ3v) is 6.12. The summed E-state index contributed by atoms with van der Waals surface area (Å²) in [5.74, 6) is 1.71. The van der Waals surface area contributed by atoms with Crippen LogP contribution in [0, 0.1) is 11.3 Å². The zero-order chi connectivity index (χ0) is 11.2. The van der Waals surface area contributed by atoms with Gasteiger partial charge in [-0.1, -0.05) is 53.5 Å². The topological polar surface area (TPSA) is 0 Å². The average Bonchev–Trinajstić information content (AvgIpc) is 2.70. The van der Waals surface area contributed by atoms with Crippen molar-refractivity contribution in [1.29, 1.82) is 0 Å². The second kappa shape index (κ2) is 3.87. The molecule has 3 unspecified atom stereocenters. The van der Waals surface area contributed by atoms with Gasteiger partial charge in [0.1, 0.15) is 0 Å². The van der Waals surface area contributed by atoms with Gasteiger partial charge in [0.05, 0.1) is 0 Å². The molecule has 0 bridgehead atoms. The summed E-state index contributed by atoms with van der Waals surface area (Å²) in [6, 6.07) is 9.10. The normalized spacial score (nSPS) is 36.9. The van der Waals surface area contributed by atoms with Crippen LogP contribution in [0.3, 0.4) is 0 Å². The highest BCUT2D eigenvalue weighted by Crippen LogP contribution is 2.55. The molecule has 3 rings (SSSR count). The fraction of sp³-hybridized carbons (Fsp3) is 0.600. The van der Waals surface area contributed by atoms with Crippen LogP contribution in [0.25, 0.3) is 0 Å². The lowest BCUT2D eigenvalue weighted by Crippen LogP contribution is -2.35. The molecule has 0 aromatic heterocycles. The molecule has 2 aliphatic rings. The standard InChI is InChI=1S/C15H19Br/c1-15(10-16)8-4-7-13-12-6-3-2-5-11(12)9-14(13)15/h2-3,5-6,13-14H,4,7-10H2,1H3. The van der Waals surface area contributed by atoms with E-state index in [1.165, 1.54) is 25.7 Å². The maximum atomic E-state index is 3.75. The van der Waals surface area contributed by atoms with Gasteiger partial charge in [0, 0.05) is 5.33 Å². The van der Waals surface area contributed by atoms with Gasteiger partial charge >= 0.3 is 0 Å². The lowest BCUT2D eigenvalue weighted by molar-refractivity contribution is 0.132. The molecular formula is C15H19Br. The maximum Gasteiger partial charge on any atom is 0.00883 e. The van der Waals surface area contributed by atoms with Crippen molar-refractivity contribution in [2.75, 3.05) is 5.33 Å². The minimum absolute atomic E-state index is 0.516. The first-order valence-corrected chi connectivity index (χ1v) is 7.50. The van der Waals surface area contributed by atoms with E-state index in [4.69, 9.17) is 0 Å². The Bertz CT molecular complexity index is 398. The molecule has 16 heavy (non-hydrogen) atoms. The van der Waals surface area contributed by atoms with Crippen molar-refractivity contribution in [1.82, 2.24) is 0 Å². The lowest BCUT2D eigenvalue weighted by atomic mass is 9.64. The summed E-state index contributed by atoms with van der Waals surface area (Å²) in [6.45, 7) is 2.48. The van der Waals surface area contributed by atoms with E-state index in [0.29, 0.717) is 5.41 Å². The molecule has 1 aromatic carbocycles.